The minimum absolute atomic E-state index is 0.242. The van der Waals surface area contributed by atoms with Gasteiger partial charge in [-0.2, -0.15) is 11.8 Å². The van der Waals surface area contributed by atoms with E-state index >= 15 is 0 Å². The predicted molar refractivity (Wildman–Crippen MR) is 115 cm³/mol. The van der Waals surface area contributed by atoms with Gasteiger partial charge < -0.3 is 15.4 Å². The normalized spacial score (nSPS) is 11.5. The monoisotopic (exact) mass is 450 g/mol. The Morgan fingerprint density at radius 1 is 1.15 bits per heavy atom. The van der Waals surface area contributed by atoms with Crippen molar-refractivity contribution >= 4 is 45.2 Å². The predicted octanol–water partition coefficient (Wildman–Crippen LogP) is 4.34. The van der Waals surface area contributed by atoms with Crippen LogP contribution >= 0.6 is 27.7 Å². The van der Waals surface area contributed by atoms with Crippen molar-refractivity contribution in [3.8, 4) is 5.75 Å². The van der Waals surface area contributed by atoms with E-state index in [1.807, 2.05) is 19.2 Å². The molecule has 144 valence electrons. The molecular formula is C20H23BrN2O3S. The maximum absolute atomic E-state index is 12.7. The number of anilines is 1. The summed E-state index contributed by atoms with van der Waals surface area (Å²) in [4.78, 5) is 25.3. The highest BCUT2D eigenvalue weighted by Crippen LogP contribution is 2.18. The number of benzene rings is 2. The van der Waals surface area contributed by atoms with Crippen LogP contribution in [-0.2, 0) is 4.79 Å². The van der Waals surface area contributed by atoms with Crippen LogP contribution in [0.15, 0.2) is 53.0 Å². The number of rotatable bonds is 9. The second-order valence-corrected chi connectivity index (χ2v) is 7.57. The molecule has 2 amide bonds. The molecule has 27 heavy (non-hydrogen) atoms. The fourth-order valence-electron chi connectivity index (χ4n) is 2.42. The highest BCUT2D eigenvalue weighted by molar-refractivity contribution is 9.10. The van der Waals surface area contributed by atoms with E-state index in [2.05, 4.69) is 26.6 Å². The van der Waals surface area contributed by atoms with Crippen molar-refractivity contribution < 1.29 is 14.3 Å². The molecule has 0 aliphatic heterocycles. The van der Waals surface area contributed by atoms with Gasteiger partial charge in [0.05, 0.1) is 12.2 Å². The van der Waals surface area contributed by atoms with Gasteiger partial charge in [0.1, 0.15) is 11.8 Å². The Bertz CT molecular complexity index is 768. The summed E-state index contributed by atoms with van der Waals surface area (Å²) < 4.78 is 6.09. The lowest BCUT2D eigenvalue weighted by molar-refractivity contribution is -0.118. The summed E-state index contributed by atoms with van der Waals surface area (Å²) in [5.74, 6) is 0.984. The smallest absolute Gasteiger partial charge is 0.253 e. The Labute approximate surface area is 172 Å². The molecule has 0 aliphatic carbocycles. The number of hydrogen-bond acceptors (Lipinski definition) is 4. The van der Waals surface area contributed by atoms with E-state index in [1.54, 1.807) is 54.2 Å². The average Bonchev–Trinajstić information content (AvgIpc) is 2.67. The zero-order valence-corrected chi connectivity index (χ0v) is 17.7. The summed E-state index contributed by atoms with van der Waals surface area (Å²) in [6.07, 6.45) is 2.51. The largest absolute Gasteiger partial charge is 0.494 e. The first-order valence-electron chi connectivity index (χ1n) is 8.63. The van der Waals surface area contributed by atoms with Crippen LogP contribution in [0.3, 0.4) is 0 Å². The third kappa shape index (κ3) is 6.59. The first-order chi connectivity index (χ1) is 13.0. The Morgan fingerprint density at radius 3 is 2.48 bits per heavy atom. The van der Waals surface area contributed by atoms with Crippen molar-refractivity contribution in [3.05, 3.63) is 58.6 Å². The molecule has 0 heterocycles. The fraction of sp³-hybridized carbons (Fsp3) is 0.300. The van der Waals surface area contributed by atoms with Crippen molar-refractivity contribution in [3.63, 3.8) is 0 Å². The second-order valence-electron chi connectivity index (χ2n) is 5.73. The van der Waals surface area contributed by atoms with Gasteiger partial charge in [-0.3, -0.25) is 9.59 Å². The lowest BCUT2D eigenvalue weighted by Crippen LogP contribution is -2.44. The standard InChI is InChI=1S/C20H23BrN2O3S/c1-3-26-15-10-8-14(9-11-15)22-20(25)18(12-13-27-2)23-19(24)16-6-4-5-7-17(16)21/h4-11,18H,3,12-13H2,1-2H3,(H,22,25)(H,23,24). The second kappa shape index (κ2) is 11.0. The molecule has 0 aliphatic rings. The average molecular weight is 451 g/mol. The van der Waals surface area contributed by atoms with Gasteiger partial charge in [0.15, 0.2) is 0 Å². The van der Waals surface area contributed by atoms with Crippen LogP contribution in [0.5, 0.6) is 5.75 Å². The zero-order chi connectivity index (χ0) is 19.6. The van der Waals surface area contributed by atoms with Crippen LogP contribution in [0.4, 0.5) is 5.69 Å². The van der Waals surface area contributed by atoms with Gasteiger partial charge in [-0.15, -0.1) is 0 Å². The number of hydrogen-bond donors (Lipinski definition) is 2. The first-order valence-corrected chi connectivity index (χ1v) is 10.8. The highest BCUT2D eigenvalue weighted by Gasteiger charge is 2.22. The van der Waals surface area contributed by atoms with Crippen LogP contribution in [0, 0.1) is 0 Å². The molecule has 0 bridgehead atoms. The molecule has 7 heteroatoms. The van der Waals surface area contributed by atoms with E-state index in [4.69, 9.17) is 4.74 Å². The molecule has 0 saturated heterocycles. The van der Waals surface area contributed by atoms with E-state index < -0.39 is 6.04 Å². The van der Waals surface area contributed by atoms with Gasteiger partial charge in [-0.25, -0.2) is 0 Å². The third-order valence-corrected chi connectivity index (χ3v) is 5.12. The van der Waals surface area contributed by atoms with Crippen molar-refractivity contribution in [2.24, 2.45) is 0 Å². The van der Waals surface area contributed by atoms with E-state index in [0.29, 0.717) is 28.8 Å². The van der Waals surface area contributed by atoms with Gasteiger partial charge in [0.2, 0.25) is 5.91 Å². The maximum atomic E-state index is 12.7. The van der Waals surface area contributed by atoms with Gasteiger partial charge >= 0.3 is 0 Å². The van der Waals surface area contributed by atoms with Crippen LogP contribution in [0.1, 0.15) is 23.7 Å². The van der Waals surface area contributed by atoms with E-state index in [9.17, 15) is 9.59 Å². The lowest BCUT2D eigenvalue weighted by atomic mass is 10.1. The summed E-state index contributed by atoms with van der Waals surface area (Å²) in [7, 11) is 0. The van der Waals surface area contributed by atoms with Crippen molar-refractivity contribution in [2.45, 2.75) is 19.4 Å². The SMILES string of the molecule is CCOc1ccc(NC(=O)C(CCSC)NC(=O)c2ccccc2Br)cc1. The number of nitrogens with one attached hydrogen (secondary N) is 2. The molecule has 5 nitrogen and oxygen atoms in total. The molecule has 1 atom stereocenters. The maximum Gasteiger partial charge on any atom is 0.253 e. The molecule has 0 fully saturated rings. The Kier molecular flexibility index (Phi) is 8.67. The van der Waals surface area contributed by atoms with Crippen LogP contribution in [-0.4, -0.2) is 36.5 Å². The molecule has 0 spiro atoms. The van der Waals surface area contributed by atoms with Crippen molar-refractivity contribution in [1.29, 1.82) is 0 Å². The summed E-state index contributed by atoms with van der Waals surface area (Å²) in [6, 6.07) is 13.7. The van der Waals surface area contributed by atoms with Gasteiger partial charge in [0.25, 0.3) is 5.91 Å². The summed E-state index contributed by atoms with van der Waals surface area (Å²) in [5.41, 5.74) is 1.16. The molecule has 2 aromatic rings. The fourth-order valence-corrected chi connectivity index (χ4v) is 3.35. The number of halogens is 1. The molecular weight excluding hydrogens is 428 g/mol. The Morgan fingerprint density at radius 2 is 1.85 bits per heavy atom. The molecule has 0 saturated carbocycles. The van der Waals surface area contributed by atoms with Crippen molar-refractivity contribution in [1.82, 2.24) is 5.32 Å². The minimum atomic E-state index is -0.622. The summed E-state index contributed by atoms with van der Waals surface area (Å²) in [6.45, 7) is 2.50. The van der Waals surface area contributed by atoms with E-state index in [0.717, 1.165) is 11.5 Å². The third-order valence-electron chi connectivity index (χ3n) is 3.78. The van der Waals surface area contributed by atoms with Gasteiger partial charge in [0, 0.05) is 10.2 Å². The molecule has 0 aromatic heterocycles. The molecule has 2 aromatic carbocycles. The first kappa shape index (κ1) is 21.3. The van der Waals surface area contributed by atoms with E-state index in [1.165, 1.54) is 0 Å². The molecule has 2 N–H and O–H groups in total. The number of carbonyl (C=O) groups excluding carboxylic acids is 2. The Balaban J connectivity index is 2.06. The van der Waals surface area contributed by atoms with E-state index in [-0.39, 0.29) is 11.8 Å². The Hall–Kier alpha value is -1.99. The van der Waals surface area contributed by atoms with Gasteiger partial charge in [-0.05, 0) is 77.7 Å². The number of ether oxygens (including phenoxy) is 1. The summed E-state index contributed by atoms with van der Waals surface area (Å²) in [5, 5.41) is 5.70. The topological polar surface area (TPSA) is 67.4 Å². The number of amides is 2. The molecule has 2 rings (SSSR count). The summed E-state index contributed by atoms with van der Waals surface area (Å²) >= 11 is 5.00. The van der Waals surface area contributed by atoms with Crippen LogP contribution in [0.2, 0.25) is 0 Å². The lowest BCUT2D eigenvalue weighted by Gasteiger charge is -2.19. The van der Waals surface area contributed by atoms with Gasteiger partial charge in [-0.1, -0.05) is 12.1 Å². The quantitative estimate of drug-likeness (QED) is 0.596. The minimum Gasteiger partial charge on any atom is -0.494 e. The molecule has 1 unspecified atom stereocenters. The van der Waals surface area contributed by atoms with Crippen LogP contribution < -0.4 is 15.4 Å². The number of thioether (sulfide) groups is 1. The zero-order valence-electron chi connectivity index (χ0n) is 15.3. The highest BCUT2D eigenvalue weighted by atomic mass is 79.9. The number of carbonyl (C=O) groups is 2. The molecule has 0 radical (unpaired) electrons. The van der Waals surface area contributed by atoms with Crippen LogP contribution in [0.25, 0.3) is 0 Å². The van der Waals surface area contributed by atoms with Crippen molar-refractivity contribution in [2.75, 3.05) is 23.9 Å².